The summed E-state index contributed by atoms with van der Waals surface area (Å²) in [6.07, 6.45) is 1.02. The average Bonchev–Trinajstić information content (AvgIpc) is 2.75. The molecule has 2 rings (SSSR count). The van der Waals surface area contributed by atoms with Crippen molar-refractivity contribution in [2.45, 2.75) is 19.4 Å². The van der Waals surface area contributed by atoms with Crippen molar-refractivity contribution in [3.05, 3.63) is 54.6 Å². The monoisotopic (exact) mass is 387 g/mol. The van der Waals surface area contributed by atoms with Gasteiger partial charge in [0, 0.05) is 21.8 Å². The molecule has 96 valence electrons. The van der Waals surface area contributed by atoms with Gasteiger partial charge in [0.05, 0.1) is 3.79 Å². The van der Waals surface area contributed by atoms with Crippen molar-refractivity contribution in [3.63, 3.8) is 0 Å². The molecule has 0 spiro atoms. The highest BCUT2D eigenvalue weighted by Crippen LogP contribution is 2.29. The number of aryl methyl sites for hydroxylation is 1. The maximum Gasteiger partial charge on any atom is 0.0701 e. The fourth-order valence-corrected chi connectivity index (χ4v) is 3.92. The molecule has 4 heteroatoms. The topological polar surface area (TPSA) is 12.0 Å². The van der Waals surface area contributed by atoms with Gasteiger partial charge >= 0.3 is 0 Å². The molecule has 0 amide bonds. The summed E-state index contributed by atoms with van der Waals surface area (Å²) < 4.78 is 2.33. The second-order valence-corrected chi connectivity index (χ2v) is 7.72. The minimum Gasteiger partial charge on any atom is -0.313 e. The molecular weight excluding hydrogens is 374 g/mol. The molecule has 0 radical (unpaired) electrons. The van der Waals surface area contributed by atoms with Crippen LogP contribution in [0.15, 0.2) is 38.6 Å². The van der Waals surface area contributed by atoms with Gasteiger partial charge in [0.2, 0.25) is 0 Å². The average molecular weight is 389 g/mol. The van der Waals surface area contributed by atoms with Gasteiger partial charge in [-0.15, -0.1) is 11.3 Å². The molecule has 18 heavy (non-hydrogen) atoms. The van der Waals surface area contributed by atoms with Gasteiger partial charge in [0.1, 0.15) is 0 Å². The Bertz CT molecular complexity index is 536. The van der Waals surface area contributed by atoms with E-state index in [-0.39, 0.29) is 0 Å². The van der Waals surface area contributed by atoms with Crippen LogP contribution < -0.4 is 5.32 Å². The summed E-state index contributed by atoms with van der Waals surface area (Å²) in [5, 5.41) is 3.41. The van der Waals surface area contributed by atoms with E-state index in [0.29, 0.717) is 6.04 Å². The molecule has 0 fully saturated rings. The molecule has 1 aromatic heterocycles. The van der Waals surface area contributed by atoms with E-state index in [1.165, 1.54) is 19.8 Å². The Morgan fingerprint density at radius 3 is 2.61 bits per heavy atom. The Kier molecular flexibility index (Phi) is 5.01. The Labute approximate surface area is 129 Å². The maximum absolute atomic E-state index is 3.55. The number of hydrogen-bond acceptors (Lipinski definition) is 2. The summed E-state index contributed by atoms with van der Waals surface area (Å²) in [5.41, 5.74) is 2.68. The summed E-state index contributed by atoms with van der Waals surface area (Å²) in [6.45, 7) is 2.16. The highest BCUT2D eigenvalue weighted by molar-refractivity contribution is 9.11. The first-order valence-electron chi connectivity index (χ1n) is 5.77. The molecule has 0 saturated heterocycles. The van der Waals surface area contributed by atoms with Crippen molar-refractivity contribution < 1.29 is 0 Å². The van der Waals surface area contributed by atoms with Crippen LogP contribution in [0.2, 0.25) is 0 Å². The Morgan fingerprint density at radius 2 is 2.00 bits per heavy atom. The molecule has 1 atom stereocenters. The van der Waals surface area contributed by atoms with Gasteiger partial charge in [-0.1, -0.05) is 22.0 Å². The zero-order valence-corrected chi connectivity index (χ0v) is 14.3. The predicted octanol–water partition coefficient (Wildman–Crippen LogP) is 5.08. The van der Waals surface area contributed by atoms with Crippen LogP contribution in [0.4, 0.5) is 0 Å². The lowest BCUT2D eigenvalue weighted by Crippen LogP contribution is -2.19. The summed E-state index contributed by atoms with van der Waals surface area (Å²) in [6, 6.07) is 11.1. The van der Waals surface area contributed by atoms with Crippen molar-refractivity contribution in [2.75, 3.05) is 7.05 Å². The fourth-order valence-electron chi connectivity index (χ4n) is 2.02. The van der Waals surface area contributed by atoms with Crippen LogP contribution in [-0.2, 0) is 6.42 Å². The minimum absolute atomic E-state index is 0.355. The zero-order valence-electron chi connectivity index (χ0n) is 10.3. The molecule has 1 N–H and O–H groups in total. The van der Waals surface area contributed by atoms with Gasteiger partial charge in [-0.2, -0.15) is 0 Å². The molecule has 0 saturated carbocycles. The first-order valence-corrected chi connectivity index (χ1v) is 8.18. The Morgan fingerprint density at radius 1 is 1.22 bits per heavy atom. The lowest BCUT2D eigenvalue weighted by molar-refractivity contribution is 0.593. The molecule has 2 aromatic rings. The molecule has 0 bridgehead atoms. The maximum atomic E-state index is 3.55. The Balaban J connectivity index is 2.25. The third-order valence-electron chi connectivity index (χ3n) is 3.00. The SMILES string of the molecule is CNC(Cc1ccc(Br)s1)c1cc(Br)ccc1C. The highest BCUT2D eigenvalue weighted by atomic mass is 79.9. The molecule has 1 aromatic carbocycles. The number of nitrogens with one attached hydrogen (secondary N) is 1. The number of rotatable bonds is 4. The van der Waals surface area contributed by atoms with E-state index in [1.807, 2.05) is 7.05 Å². The lowest BCUT2D eigenvalue weighted by atomic mass is 9.98. The molecule has 0 aliphatic heterocycles. The summed E-state index contributed by atoms with van der Waals surface area (Å²) in [4.78, 5) is 1.39. The van der Waals surface area contributed by atoms with Crippen molar-refractivity contribution in [2.24, 2.45) is 0 Å². The third kappa shape index (κ3) is 3.44. The van der Waals surface area contributed by atoms with E-state index in [9.17, 15) is 0 Å². The molecular formula is C14H15Br2NS. The summed E-state index contributed by atoms with van der Waals surface area (Å²) in [7, 11) is 2.02. The fraction of sp³-hybridized carbons (Fsp3) is 0.286. The Hall–Kier alpha value is -0.160. The van der Waals surface area contributed by atoms with Crippen molar-refractivity contribution in [1.29, 1.82) is 0 Å². The molecule has 0 aliphatic rings. The molecule has 1 unspecified atom stereocenters. The largest absolute Gasteiger partial charge is 0.313 e. The van der Waals surface area contributed by atoms with E-state index in [0.717, 1.165) is 10.9 Å². The van der Waals surface area contributed by atoms with Crippen molar-refractivity contribution >= 4 is 43.2 Å². The van der Waals surface area contributed by atoms with Crippen LogP contribution in [-0.4, -0.2) is 7.05 Å². The summed E-state index contributed by atoms with van der Waals surface area (Å²) in [5.74, 6) is 0. The molecule has 1 nitrogen and oxygen atoms in total. The van der Waals surface area contributed by atoms with E-state index in [2.05, 4.69) is 74.4 Å². The van der Waals surface area contributed by atoms with Crippen LogP contribution in [0, 0.1) is 6.92 Å². The third-order valence-corrected chi connectivity index (χ3v) is 5.14. The van der Waals surface area contributed by atoms with Crippen molar-refractivity contribution in [1.82, 2.24) is 5.32 Å². The number of halogens is 2. The smallest absolute Gasteiger partial charge is 0.0701 e. The highest BCUT2D eigenvalue weighted by Gasteiger charge is 2.14. The summed E-state index contributed by atoms with van der Waals surface area (Å²) >= 11 is 8.87. The van der Waals surface area contributed by atoms with E-state index < -0.39 is 0 Å². The van der Waals surface area contributed by atoms with Gasteiger partial charge in [-0.3, -0.25) is 0 Å². The number of hydrogen-bond donors (Lipinski definition) is 1. The van der Waals surface area contributed by atoms with Gasteiger partial charge in [0.25, 0.3) is 0 Å². The lowest BCUT2D eigenvalue weighted by Gasteiger charge is -2.18. The van der Waals surface area contributed by atoms with Crippen LogP contribution in [0.3, 0.4) is 0 Å². The van der Waals surface area contributed by atoms with Gasteiger partial charge in [-0.25, -0.2) is 0 Å². The standard InChI is InChI=1S/C14H15Br2NS/c1-9-3-4-10(15)7-12(9)13(17-2)8-11-5-6-14(16)18-11/h3-7,13,17H,8H2,1-2H3. The van der Waals surface area contributed by atoms with Gasteiger partial charge in [-0.05, 0) is 65.3 Å². The molecule has 1 heterocycles. The second-order valence-electron chi connectivity index (χ2n) is 4.25. The number of thiophene rings is 1. The predicted molar refractivity (Wildman–Crippen MR) is 86.4 cm³/mol. The quantitative estimate of drug-likeness (QED) is 0.769. The minimum atomic E-state index is 0.355. The zero-order chi connectivity index (χ0) is 13.1. The van der Waals surface area contributed by atoms with Gasteiger partial charge < -0.3 is 5.32 Å². The van der Waals surface area contributed by atoms with Gasteiger partial charge in [0.15, 0.2) is 0 Å². The first-order chi connectivity index (χ1) is 8.60. The molecule has 0 aliphatic carbocycles. The number of benzene rings is 1. The van der Waals surface area contributed by atoms with Crippen LogP contribution in [0.5, 0.6) is 0 Å². The van der Waals surface area contributed by atoms with Crippen LogP contribution in [0.1, 0.15) is 22.0 Å². The van der Waals surface area contributed by atoms with Crippen molar-refractivity contribution in [3.8, 4) is 0 Å². The van der Waals surface area contributed by atoms with E-state index in [4.69, 9.17) is 0 Å². The normalized spacial score (nSPS) is 12.7. The van der Waals surface area contributed by atoms with Crippen LogP contribution >= 0.6 is 43.2 Å². The second kappa shape index (κ2) is 6.33. The number of likely N-dealkylation sites (N-methyl/N-ethyl adjacent to an activating group) is 1. The van der Waals surface area contributed by atoms with E-state index in [1.54, 1.807) is 11.3 Å². The first kappa shape index (κ1) is 14.3. The van der Waals surface area contributed by atoms with E-state index >= 15 is 0 Å². The van der Waals surface area contributed by atoms with Crippen LogP contribution in [0.25, 0.3) is 0 Å².